The maximum atomic E-state index is 14.2. The van der Waals surface area contributed by atoms with E-state index < -0.39 is 47.7 Å². The van der Waals surface area contributed by atoms with Crippen molar-refractivity contribution in [2.24, 2.45) is 5.92 Å². The molecule has 2 aromatic carbocycles. The summed E-state index contributed by atoms with van der Waals surface area (Å²) >= 11 is 0. The number of rotatable bonds is 12. The lowest BCUT2D eigenvalue weighted by Gasteiger charge is -2.27. The van der Waals surface area contributed by atoms with Crippen molar-refractivity contribution in [3.05, 3.63) is 91.6 Å². The largest absolute Gasteiger partial charge is 0.481 e. The fourth-order valence-corrected chi connectivity index (χ4v) is 6.62. The molecule has 11 heteroatoms. The van der Waals surface area contributed by atoms with Crippen LogP contribution in [0.2, 0.25) is 0 Å². The van der Waals surface area contributed by atoms with Gasteiger partial charge >= 0.3 is 12.1 Å². The molecule has 1 aliphatic carbocycles. The van der Waals surface area contributed by atoms with Crippen molar-refractivity contribution in [1.29, 1.82) is 0 Å². The van der Waals surface area contributed by atoms with Crippen LogP contribution in [0.3, 0.4) is 0 Å². The predicted octanol–water partition coefficient (Wildman–Crippen LogP) is 6.80. The number of fused-ring (bicyclic) bond motifs is 1. The molecule has 2 atom stereocenters. The maximum Gasteiger partial charge on any atom is 0.416 e. The Labute approximate surface area is 272 Å². The molecule has 4 rings (SSSR count). The number of aromatic nitrogens is 1. The Bertz CT molecular complexity index is 1690. The Balaban J connectivity index is 1.80. The molecule has 2 N–H and O–H groups in total. The second-order valence-corrected chi connectivity index (χ2v) is 13.3. The molecule has 1 heterocycles. The molecular weight excluding hydrogens is 614 g/mol. The average Bonchev–Trinajstić information content (AvgIpc) is 3.42. The second-order valence-electron chi connectivity index (χ2n) is 13.3. The minimum Gasteiger partial charge on any atom is -0.481 e. The minimum atomic E-state index is -4.76. The number of halogens is 4. The zero-order valence-corrected chi connectivity index (χ0v) is 27.7. The van der Waals surface area contributed by atoms with Crippen molar-refractivity contribution < 1.29 is 32.3 Å². The fourth-order valence-electron chi connectivity index (χ4n) is 6.62. The lowest BCUT2D eigenvalue weighted by Crippen LogP contribution is -2.40. The number of likely N-dealkylation sites (N-methyl/N-ethyl adjacent to an activating group) is 1. The Morgan fingerprint density at radius 1 is 1.04 bits per heavy atom. The second kappa shape index (κ2) is 14.4. The molecule has 0 saturated carbocycles. The lowest BCUT2D eigenvalue weighted by atomic mass is 9.87. The molecule has 0 saturated heterocycles. The van der Waals surface area contributed by atoms with Gasteiger partial charge in [-0.3, -0.25) is 14.4 Å². The van der Waals surface area contributed by atoms with Crippen molar-refractivity contribution >= 4 is 11.9 Å². The van der Waals surface area contributed by atoms with Crippen LogP contribution in [-0.4, -0.2) is 47.1 Å². The number of nitrogens with zero attached hydrogens (tertiary/aromatic N) is 2. The Morgan fingerprint density at radius 2 is 1.70 bits per heavy atom. The molecule has 0 spiro atoms. The molecule has 1 aromatic heterocycles. The van der Waals surface area contributed by atoms with Gasteiger partial charge in [0.1, 0.15) is 11.9 Å². The van der Waals surface area contributed by atoms with Crippen molar-refractivity contribution in [3.63, 3.8) is 0 Å². The first-order chi connectivity index (χ1) is 22.0. The summed E-state index contributed by atoms with van der Waals surface area (Å²) < 4.78 is 57.1. The lowest BCUT2D eigenvalue weighted by molar-refractivity contribution is -0.139. The Hall–Kier alpha value is -3.99. The highest BCUT2D eigenvalue weighted by molar-refractivity contribution is 5.82. The van der Waals surface area contributed by atoms with Crippen LogP contribution < -0.4 is 10.9 Å². The van der Waals surface area contributed by atoms with E-state index in [1.54, 1.807) is 19.0 Å². The number of amides is 1. The number of aryl methyl sites for hydroxylation is 3. The standard InChI is InChI=1S/C36H43F4N3O4/c1-20(2)12-31(43-19-24(10-11-42(5)6)29(17-32(43)44)36(38,39)40)35(47)41-30(18-33(45)46)25-15-23-8-7-9-27(23)28(16-25)34-21(3)13-26(37)14-22(34)4/h13-17,19-20,30-31H,7-12,18H2,1-6H3,(H,41,47)(H,45,46)/t30-,31-/m1/s1. The van der Waals surface area contributed by atoms with Crippen molar-refractivity contribution in [1.82, 2.24) is 14.8 Å². The van der Waals surface area contributed by atoms with E-state index in [0.29, 0.717) is 11.6 Å². The molecule has 0 fully saturated rings. The summed E-state index contributed by atoms with van der Waals surface area (Å²) in [7, 11) is 3.45. The van der Waals surface area contributed by atoms with Gasteiger partial charge in [0.2, 0.25) is 5.91 Å². The number of aliphatic carboxylic acids is 1. The number of benzene rings is 2. The van der Waals surface area contributed by atoms with E-state index in [-0.39, 0.29) is 36.7 Å². The molecule has 47 heavy (non-hydrogen) atoms. The van der Waals surface area contributed by atoms with Crippen molar-refractivity contribution in [2.75, 3.05) is 20.6 Å². The van der Waals surface area contributed by atoms with Gasteiger partial charge in [0.15, 0.2) is 0 Å². The van der Waals surface area contributed by atoms with Gasteiger partial charge in [-0.1, -0.05) is 19.9 Å². The van der Waals surface area contributed by atoms with E-state index in [4.69, 9.17) is 0 Å². The molecule has 3 aromatic rings. The third kappa shape index (κ3) is 8.49. The summed E-state index contributed by atoms with van der Waals surface area (Å²) in [5.41, 5.74) is 3.74. The number of carbonyl (C=O) groups is 2. The van der Waals surface area contributed by atoms with Crippen LogP contribution in [0.1, 0.15) is 84.1 Å². The normalized spacial score (nSPS) is 14.4. The summed E-state index contributed by atoms with van der Waals surface area (Å²) in [6, 6.07) is 5.02. The predicted molar refractivity (Wildman–Crippen MR) is 173 cm³/mol. The number of pyridine rings is 1. The first-order valence-corrected chi connectivity index (χ1v) is 15.9. The number of hydrogen-bond donors (Lipinski definition) is 2. The molecule has 0 unspecified atom stereocenters. The number of carboxylic acids is 1. The third-order valence-electron chi connectivity index (χ3n) is 8.73. The smallest absolute Gasteiger partial charge is 0.416 e. The molecular formula is C36H43F4N3O4. The van der Waals surface area contributed by atoms with Gasteiger partial charge in [-0.05, 0) is 129 Å². The highest BCUT2D eigenvalue weighted by Gasteiger charge is 2.36. The summed E-state index contributed by atoms with van der Waals surface area (Å²) in [5.74, 6) is -2.31. The van der Waals surface area contributed by atoms with E-state index in [1.807, 2.05) is 39.8 Å². The minimum absolute atomic E-state index is 0.0000976. The van der Waals surface area contributed by atoms with Crippen LogP contribution in [0.4, 0.5) is 17.6 Å². The van der Waals surface area contributed by atoms with Crippen LogP contribution in [0.5, 0.6) is 0 Å². The highest BCUT2D eigenvalue weighted by atomic mass is 19.4. The molecule has 0 aliphatic heterocycles. The number of carboxylic acid groups (broad SMARTS) is 1. The van der Waals surface area contributed by atoms with Crippen LogP contribution in [-0.2, 0) is 35.0 Å². The van der Waals surface area contributed by atoms with Gasteiger partial charge < -0.3 is 19.9 Å². The van der Waals surface area contributed by atoms with Crippen LogP contribution in [0.15, 0.2) is 41.3 Å². The molecule has 1 aliphatic rings. The van der Waals surface area contributed by atoms with Gasteiger partial charge in [-0.25, -0.2) is 4.39 Å². The van der Waals surface area contributed by atoms with E-state index in [2.05, 4.69) is 5.32 Å². The maximum absolute atomic E-state index is 14.2. The highest BCUT2D eigenvalue weighted by Crippen LogP contribution is 2.39. The SMILES string of the molecule is Cc1cc(F)cc(C)c1-c1cc([C@@H](CC(=O)O)NC(=O)[C@@H](CC(C)C)n2cc(CCN(C)C)c(C(F)(F)F)cc2=O)cc2c1CCC2. The van der Waals surface area contributed by atoms with Gasteiger partial charge in [0.25, 0.3) is 5.56 Å². The zero-order valence-electron chi connectivity index (χ0n) is 27.7. The zero-order chi connectivity index (χ0) is 34.8. The topological polar surface area (TPSA) is 91.6 Å². The number of alkyl halides is 3. The van der Waals surface area contributed by atoms with Gasteiger partial charge in [0, 0.05) is 18.8 Å². The first kappa shape index (κ1) is 35.9. The van der Waals surface area contributed by atoms with E-state index in [0.717, 1.165) is 63.4 Å². The van der Waals surface area contributed by atoms with E-state index in [1.165, 1.54) is 12.1 Å². The summed E-state index contributed by atoms with van der Waals surface area (Å²) in [6.07, 6.45) is -1.50. The van der Waals surface area contributed by atoms with Gasteiger partial charge in [-0.2, -0.15) is 13.2 Å². The van der Waals surface area contributed by atoms with Crippen LogP contribution in [0.25, 0.3) is 11.1 Å². The van der Waals surface area contributed by atoms with E-state index >= 15 is 0 Å². The quantitative estimate of drug-likeness (QED) is 0.209. The average molecular weight is 658 g/mol. The first-order valence-electron chi connectivity index (χ1n) is 15.9. The summed E-state index contributed by atoms with van der Waals surface area (Å²) in [6.45, 7) is 7.59. The number of nitrogens with one attached hydrogen (secondary N) is 1. The van der Waals surface area contributed by atoms with Crippen LogP contribution in [0, 0.1) is 25.6 Å². The van der Waals surface area contributed by atoms with Gasteiger partial charge in [-0.15, -0.1) is 0 Å². The third-order valence-corrected chi connectivity index (χ3v) is 8.73. The van der Waals surface area contributed by atoms with Crippen molar-refractivity contribution in [2.45, 2.75) is 84.5 Å². The van der Waals surface area contributed by atoms with Gasteiger partial charge in [0.05, 0.1) is 18.0 Å². The molecule has 0 bridgehead atoms. The van der Waals surface area contributed by atoms with Crippen molar-refractivity contribution in [3.8, 4) is 11.1 Å². The monoisotopic (exact) mass is 657 g/mol. The number of carbonyl (C=O) groups excluding carboxylic acids is 1. The Morgan fingerprint density at radius 3 is 2.28 bits per heavy atom. The van der Waals surface area contributed by atoms with Crippen LogP contribution >= 0.6 is 0 Å². The molecule has 1 amide bonds. The molecule has 0 radical (unpaired) electrons. The molecule has 7 nitrogen and oxygen atoms in total. The fraction of sp³-hybridized carbons (Fsp3) is 0.472. The number of hydrogen-bond acceptors (Lipinski definition) is 4. The summed E-state index contributed by atoms with van der Waals surface area (Å²) in [5, 5.41) is 12.7. The summed E-state index contributed by atoms with van der Waals surface area (Å²) in [4.78, 5) is 41.1. The Kier molecular flexibility index (Phi) is 11.0. The molecule has 254 valence electrons. The van der Waals surface area contributed by atoms with E-state index in [9.17, 15) is 37.1 Å².